The molecule has 0 radical (unpaired) electrons. The Kier molecular flexibility index (Phi) is 3.50. The van der Waals surface area contributed by atoms with Crippen LogP contribution >= 0.6 is 0 Å². The monoisotopic (exact) mass is 249 g/mol. The molecule has 1 N–H and O–H groups in total. The Hall–Kier alpha value is -1.52. The predicted molar refractivity (Wildman–Crippen MR) is 55.2 cm³/mol. The summed E-state index contributed by atoms with van der Waals surface area (Å²) in [7, 11) is 0. The molecule has 0 spiro atoms. The summed E-state index contributed by atoms with van der Waals surface area (Å²) in [5.74, 6) is -1.17. The zero-order chi connectivity index (χ0) is 10.6. The number of carbonyl (C=O) groups is 1. The van der Waals surface area contributed by atoms with E-state index in [-0.39, 0.29) is 5.57 Å². The quantitative estimate of drug-likeness (QED) is 0.475. The molecule has 1 unspecified atom stereocenters. The van der Waals surface area contributed by atoms with Crippen LogP contribution in [0.4, 0.5) is 0 Å². The zero-order valence-electron chi connectivity index (χ0n) is 7.27. The summed E-state index contributed by atoms with van der Waals surface area (Å²) in [6.45, 7) is 0. The summed E-state index contributed by atoms with van der Waals surface area (Å²) in [6.07, 6.45) is 0. The SMILES string of the molecule is N#CC(C(=O)O)=C([AsH2])c1ccccc1. The summed E-state index contributed by atoms with van der Waals surface area (Å²) >= 11 is 1.14. The molecule has 0 aliphatic carbocycles. The second kappa shape index (κ2) is 4.64. The second-order valence-corrected chi connectivity index (χ2v) is 3.78. The van der Waals surface area contributed by atoms with Gasteiger partial charge in [0.1, 0.15) is 0 Å². The van der Waals surface area contributed by atoms with Gasteiger partial charge >= 0.3 is 89.9 Å². The normalized spacial score (nSPS) is 11.4. The van der Waals surface area contributed by atoms with Gasteiger partial charge in [-0.15, -0.1) is 0 Å². The van der Waals surface area contributed by atoms with Gasteiger partial charge in [0, 0.05) is 0 Å². The van der Waals surface area contributed by atoms with Crippen LogP contribution in [0.1, 0.15) is 5.56 Å². The van der Waals surface area contributed by atoms with Crippen molar-refractivity contribution in [3.63, 3.8) is 0 Å². The van der Waals surface area contributed by atoms with Crippen molar-refractivity contribution >= 4 is 27.2 Å². The molecule has 3 nitrogen and oxygen atoms in total. The molecule has 1 aromatic carbocycles. The van der Waals surface area contributed by atoms with E-state index in [0.29, 0.717) is 4.36 Å². The van der Waals surface area contributed by atoms with E-state index in [2.05, 4.69) is 0 Å². The van der Waals surface area contributed by atoms with E-state index in [1.54, 1.807) is 18.2 Å². The summed E-state index contributed by atoms with van der Waals surface area (Å²) in [4.78, 5) is 10.7. The Labute approximate surface area is 90.2 Å². The molecule has 0 heterocycles. The van der Waals surface area contributed by atoms with E-state index >= 15 is 0 Å². The first-order valence-electron chi connectivity index (χ1n) is 3.85. The fourth-order valence-electron chi connectivity index (χ4n) is 0.985. The molecule has 0 aliphatic heterocycles. The van der Waals surface area contributed by atoms with Crippen molar-refractivity contribution < 1.29 is 9.90 Å². The molecule has 70 valence electrons. The van der Waals surface area contributed by atoms with E-state index in [1.165, 1.54) is 0 Å². The van der Waals surface area contributed by atoms with Crippen molar-refractivity contribution in [1.29, 1.82) is 5.26 Å². The van der Waals surface area contributed by atoms with Crippen LogP contribution < -0.4 is 0 Å². The van der Waals surface area contributed by atoms with Crippen LogP contribution in [0, 0.1) is 11.3 Å². The summed E-state index contributed by atoms with van der Waals surface area (Å²) in [6, 6.07) is 10.7. The van der Waals surface area contributed by atoms with Gasteiger partial charge < -0.3 is 0 Å². The molecular formula is C10H8AsNO2. The Morgan fingerprint density at radius 1 is 1.36 bits per heavy atom. The maximum atomic E-state index is 10.7. The first kappa shape index (κ1) is 10.6. The molecule has 1 rings (SSSR count). The van der Waals surface area contributed by atoms with Crippen molar-refractivity contribution in [3.8, 4) is 6.07 Å². The fraction of sp³-hybridized carbons (Fsp3) is 0. The summed E-state index contributed by atoms with van der Waals surface area (Å²) in [5.41, 5.74) is 0.600. The number of rotatable bonds is 2. The van der Waals surface area contributed by atoms with Crippen LogP contribution in [0.2, 0.25) is 0 Å². The third kappa shape index (κ3) is 2.24. The maximum absolute atomic E-state index is 10.7. The third-order valence-corrected chi connectivity index (χ3v) is 2.98. The Morgan fingerprint density at radius 3 is 2.36 bits per heavy atom. The van der Waals surface area contributed by atoms with Gasteiger partial charge in [-0.1, -0.05) is 0 Å². The van der Waals surface area contributed by atoms with Crippen LogP contribution in [-0.4, -0.2) is 27.9 Å². The van der Waals surface area contributed by atoms with Gasteiger partial charge in [-0.2, -0.15) is 0 Å². The number of nitrogens with zero attached hydrogens (tertiary/aromatic N) is 1. The molecule has 0 amide bonds. The topological polar surface area (TPSA) is 61.1 Å². The van der Waals surface area contributed by atoms with Crippen LogP contribution in [0.15, 0.2) is 35.9 Å². The molecule has 0 aliphatic rings. The van der Waals surface area contributed by atoms with Crippen LogP contribution in [0.5, 0.6) is 0 Å². The van der Waals surface area contributed by atoms with Gasteiger partial charge in [0.25, 0.3) is 0 Å². The van der Waals surface area contributed by atoms with Crippen molar-refractivity contribution in [2.75, 3.05) is 0 Å². The average Bonchev–Trinajstić information content (AvgIpc) is 2.19. The van der Waals surface area contributed by atoms with Gasteiger partial charge in [0.05, 0.1) is 0 Å². The Morgan fingerprint density at radius 2 is 1.93 bits per heavy atom. The van der Waals surface area contributed by atoms with E-state index in [1.807, 2.05) is 18.2 Å². The molecule has 14 heavy (non-hydrogen) atoms. The molecule has 0 saturated carbocycles. The van der Waals surface area contributed by atoms with Gasteiger partial charge in [-0.05, 0) is 0 Å². The average molecular weight is 249 g/mol. The van der Waals surface area contributed by atoms with Crippen LogP contribution in [0.25, 0.3) is 4.36 Å². The Balaban J connectivity index is 3.23. The molecule has 0 bridgehead atoms. The molecule has 1 aromatic rings. The molecule has 0 fully saturated rings. The first-order chi connectivity index (χ1) is 6.66. The number of nitriles is 1. The first-order valence-corrected chi connectivity index (χ1v) is 5.06. The molecular weight excluding hydrogens is 241 g/mol. The molecule has 0 saturated heterocycles. The summed E-state index contributed by atoms with van der Waals surface area (Å²) < 4.78 is 0.549. The minimum absolute atomic E-state index is 0.184. The van der Waals surface area contributed by atoms with E-state index in [9.17, 15) is 4.79 Å². The van der Waals surface area contributed by atoms with Gasteiger partial charge in [-0.25, -0.2) is 0 Å². The van der Waals surface area contributed by atoms with Crippen molar-refractivity contribution in [2.24, 2.45) is 0 Å². The fourth-order valence-corrected chi connectivity index (χ4v) is 1.78. The number of benzene rings is 1. The van der Waals surface area contributed by atoms with Crippen molar-refractivity contribution in [1.82, 2.24) is 0 Å². The predicted octanol–water partition coefficient (Wildman–Crippen LogP) is 0.639. The minimum atomic E-state index is -1.17. The number of aliphatic carboxylic acids is 1. The summed E-state index contributed by atoms with van der Waals surface area (Å²) in [5, 5.41) is 17.4. The van der Waals surface area contributed by atoms with E-state index < -0.39 is 5.97 Å². The van der Waals surface area contributed by atoms with Crippen LogP contribution in [0.3, 0.4) is 0 Å². The molecule has 1 atom stereocenters. The van der Waals surface area contributed by atoms with Crippen LogP contribution in [-0.2, 0) is 4.79 Å². The zero-order valence-corrected chi connectivity index (χ0v) is 9.69. The molecule has 4 heteroatoms. The number of hydrogen-bond acceptors (Lipinski definition) is 2. The van der Waals surface area contributed by atoms with Crippen molar-refractivity contribution in [2.45, 2.75) is 0 Å². The third-order valence-electron chi connectivity index (χ3n) is 1.68. The number of carboxylic acid groups (broad SMARTS) is 1. The second-order valence-electron chi connectivity index (χ2n) is 2.57. The van der Waals surface area contributed by atoms with Gasteiger partial charge in [0.2, 0.25) is 0 Å². The number of carboxylic acids is 1. The standard InChI is InChI=1S/C10H8AsNO2/c11-9(8(6-12)10(13)14)7-4-2-1-3-5-7/h1-5H,11H2,(H,13,14). The van der Waals surface area contributed by atoms with E-state index in [4.69, 9.17) is 10.4 Å². The molecule has 0 aromatic heterocycles. The number of hydrogen-bond donors (Lipinski definition) is 1. The van der Waals surface area contributed by atoms with Gasteiger partial charge in [-0.3, -0.25) is 0 Å². The Bertz CT molecular complexity index is 417. The van der Waals surface area contributed by atoms with E-state index in [0.717, 1.165) is 22.4 Å². The van der Waals surface area contributed by atoms with Gasteiger partial charge in [0.15, 0.2) is 0 Å². The van der Waals surface area contributed by atoms with Crippen molar-refractivity contribution in [3.05, 3.63) is 41.5 Å².